The molecule has 0 rings (SSSR count). The van der Waals surface area contributed by atoms with Crippen LogP contribution in [-0.4, -0.2) is 52.5 Å². The summed E-state index contributed by atoms with van der Waals surface area (Å²) in [6, 6.07) is 0. The average molecular weight is 233 g/mol. The zero-order chi connectivity index (χ0) is 12.2. The zero-order valence-electron chi connectivity index (χ0n) is 9.78. The van der Waals surface area contributed by atoms with Crippen LogP contribution in [0.1, 0.15) is 12.8 Å². The normalized spacial score (nSPS) is 9.88. The highest BCUT2D eigenvalue weighted by molar-refractivity contribution is 6.32. The molecule has 0 aliphatic rings. The molecule has 0 saturated heterocycles. The Morgan fingerprint density at radius 1 is 1.06 bits per heavy atom. The first-order valence-electron chi connectivity index (χ1n) is 5.15. The second kappa shape index (κ2) is 10.4. The van der Waals surface area contributed by atoms with E-state index in [0.717, 1.165) is 12.8 Å². The minimum absolute atomic E-state index is 0.446. The van der Waals surface area contributed by atoms with Crippen molar-refractivity contribution in [3.8, 4) is 0 Å². The van der Waals surface area contributed by atoms with Crippen LogP contribution in [0.15, 0.2) is 0 Å². The van der Waals surface area contributed by atoms with Crippen LogP contribution >= 0.6 is 0 Å². The third kappa shape index (κ3) is 8.19. The Morgan fingerprint density at radius 2 is 1.81 bits per heavy atom. The first-order valence-corrected chi connectivity index (χ1v) is 5.15. The van der Waals surface area contributed by atoms with Crippen molar-refractivity contribution in [3.63, 3.8) is 0 Å². The molecule has 0 saturated carbocycles. The van der Waals surface area contributed by atoms with E-state index in [1.807, 2.05) is 0 Å². The van der Waals surface area contributed by atoms with Crippen LogP contribution in [0.4, 0.5) is 0 Å². The molecule has 0 spiro atoms. The number of hydrogen-bond donors (Lipinski definition) is 1. The lowest BCUT2D eigenvalue weighted by Gasteiger charge is -2.04. The monoisotopic (exact) mass is 233 g/mol. The fraction of sp³-hybridized carbons (Fsp3) is 0.800. The lowest BCUT2D eigenvalue weighted by Crippen LogP contribution is -2.32. The van der Waals surface area contributed by atoms with Gasteiger partial charge in [-0.1, -0.05) is 0 Å². The van der Waals surface area contributed by atoms with Gasteiger partial charge in [0.2, 0.25) is 0 Å². The Balaban J connectivity index is 3.21. The van der Waals surface area contributed by atoms with Gasteiger partial charge in [-0.2, -0.15) is 0 Å². The number of methoxy groups -OCH3 is 2. The number of carbonyl (C=O) groups is 2. The van der Waals surface area contributed by atoms with Crippen molar-refractivity contribution in [1.82, 2.24) is 5.32 Å². The number of nitrogens with one attached hydrogen (secondary N) is 1. The summed E-state index contributed by atoms with van der Waals surface area (Å²) in [6.07, 6.45) is 1.58. The molecule has 0 radical (unpaired) electrons. The number of hydrogen-bond acceptors (Lipinski definition) is 5. The molecule has 0 atom stereocenters. The number of rotatable bonds is 8. The minimum Gasteiger partial charge on any atom is -0.462 e. The second-order valence-electron chi connectivity index (χ2n) is 3.06. The molecule has 0 bridgehead atoms. The Bertz CT molecular complexity index is 207. The maximum Gasteiger partial charge on any atom is 0.396 e. The molecule has 1 N–H and O–H groups in total. The lowest BCUT2D eigenvalue weighted by molar-refractivity contribution is -0.152. The molecule has 94 valence electrons. The van der Waals surface area contributed by atoms with Crippen LogP contribution in [0, 0.1) is 0 Å². The fourth-order valence-electron chi connectivity index (χ4n) is 0.940. The molecule has 1 amide bonds. The first-order chi connectivity index (χ1) is 7.72. The van der Waals surface area contributed by atoms with E-state index in [2.05, 4.69) is 10.1 Å². The van der Waals surface area contributed by atoms with Crippen molar-refractivity contribution in [2.24, 2.45) is 0 Å². The Kier molecular flexibility index (Phi) is 9.64. The van der Waals surface area contributed by atoms with E-state index in [1.54, 1.807) is 7.11 Å². The molecule has 0 heterocycles. The summed E-state index contributed by atoms with van der Waals surface area (Å²) < 4.78 is 14.3. The smallest absolute Gasteiger partial charge is 0.396 e. The third-order valence-corrected chi connectivity index (χ3v) is 1.80. The molecule has 0 aromatic heterocycles. The van der Waals surface area contributed by atoms with Gasteiger partial charge in [-0.3, -0.25) is 4.79 Å². The highest BCUT2D eigenvalue weighted by atomic mass is 16.5. The van der Waals surface area contributed by atoms with Gasteiger partial charge < -0.3 is 19.5 Å². The van der Waals surface area contributed by atoms with Crippen molar-refractivity contribution in [2.75, 3.05) is 40.6 Å². The molecule has 6 heteroatoms. The van der Waals surface area contributed by atoms with Gasteiger partial charge >= 0.3 is 11.9 Å². The predicted octanol–water partition coefficient (Wildman–Crippen LogP) is -0.281. The van der Waals surface area contributed by atoms with Gasteiger partial charge in [0, 0.05) is 20.3 Å². The first kappa shape index (κ1) is 14.9. The van der Waals surface area contributed by atoms with Crippen LogP contribution in [0.25, 0.3) is 0 Å². The summed E-state index contributed by atoms with van der Waals surface area (Å²) in [5, 5.41) is 2.44. The van der Waals surface area contributed by atoms with Gasteiger partial charge in [0.05, 0.1) is 20.3 Å². The number of unbranched alkanes of at least 4 members (excludes halogenated alkanes) is 1. The largest absolute Gasteiger partial charge is 0.462 e. The summed E-state index contributed by atoms with van der Waals surface area (Å²) in [4.78, 5) is 21.6. The molecule has 0 unspecified atom stereocenters. The molecule has 0 aliphatic heterocycles. The quantitative estimate of drug-likeness (QED) is 0.354. The van der Waals surface area contributed by atoms with Crippen LogP contribution in [-0.2, 0) is 23.8 Å². The predicted molar refractivity (Wildman–Crippen MR) is 57.0 cm³/mol. The average Bonchev–Trinajstić information content (AvgIpc) is 2.31. The number of amides is 1. The SMILES string of the molecule is COCCOCCCCNC(=O)C(=O)OC. The molecular formula is C10H19NO5. The summed E-state index contributed by atoms with van der Waals surface area (Å²) in [7, 11) is 2.79. The van der Waals surface area contributed by atoms with Crippen molar-refractivity contribution < 1.29 is 23.8 Å². The minimum atomic E-state index is -0.864. The molecule has 0 aliphatic carbocycles. The summed E-state index contributed by atoms with van der Waals surface area (Å²) in [5.74, 6) is -1.57. The van der Waals surface area contributed by atoms with Crippen molar-refractivity contribution in [1.29, 1.82) is 0 Å². The van der Waals surface area contributed by atoms with E-state index in [4.69, 9.17) is 9.47 Å². The van der Waals surface area contributed by atoms with Gasteiger partial charge in [0.15, 0.2) is 0 Å². The highest BCUT2D eigenvalue weighted by Gasteiger charge is 2.11. The maximum atomic E-state index is 10.9. The summed E-state index contributed by atoms with van der Waals surface area (Å²) >= 11 is 0. The number of ether oxygens (including phenoxy) is 3. The van der Waals surface area contributed by atoms with E-state index >= 15 is 0 Å². The standard InChI is InChI=1S/C10H19NO5/c1-14-7-8-16-6-4-3-5-11-9(12)10(13)15-2/h3-8H2,1-2H3,(H,11,12). The Morgan fingerprint density at radius 3 is 2.44 bits per heavy atom. The van der Waals surface area contributed by atoms with Crippen LogP contribution < -0.4 is 5.32 Å². The van der Waals surface area contributed by atoms with Crippen LogP contribution in [0.3, 0.4) is 0 Å². The number of esters is 1. The molecule has 0 fully saturated rings. The van der Waals surface area contributed by atoms with E-state index in [9.17, 15) is 9.59 Å². The summed E-state index contributed by atoms with van der Waals surface area (Å²) in [5.41, 5.74) is 0. The maximum absolute atomic E-state index is 10.9. The molecule has 0 aromatic rings. The fourth-order valence-corrected chi connectivity index (χ4v) is 0.940. The lowest BCUT2D eigenvalue weighted by atomic mass is 10.3. The van der Waals surface area contributed by atoms with Crippen molar-refractivity contribution in [2.45, 2.75) is 12.8 Å². The highest BCUT2D eigenvalue weighted by Crippen LogP contribution is 1.89. The van der Waals surface area contributed by atoms with Gasteiger partial charge in [0.1, 0.15) is 0 Å². The van der Waals surface area contributed by atoms with E-state index < -0.39 is 11.9 Å². The number of carbonyl (C=O) groups excluding carboxylic acids is 2. The van der Waals surface area contributed by atoms with Crippen molar-refractivity contribution in [3.05, 3.63) is 0 Å². The topological polar surface area (TPSA) is 73.9 Å². The van der Waals surface area contributed by atoms with Gasteiger partial charge in [-0.25, -0.2) is 4.79 Å². The molecule has 16 heavy (non-hydrogen) atoms. The van der Waals surface area contributed by atoms with Crippen LogP contribution in [0.5, 0.6) is 0 Å². The molecule has 0 aromatic carbocycles. The molecular weight excluding hydrogens is 214 g/mol. The second-order valence-corrected chi connectivity index (χ2v) is 3.06. The Hall–Kier alpha value is -1.14. The summed E-state index contributed by atoms with van der Waals surface area (Å²) in [6.45, 7) is 2.23. The van der Waals surface area contributed by atoms with Crippen LogP contribution in [0.2, 0.25) is 0 Å². The van der Waals surface area contributed by atoms with Crippen molar-refractivity contribution >= 4 is 11.9 Å². The van der Waals surface area contributed by atoms with E-state index in [-0.39, 0.29) is 0 Å². The van der Waals surface area contributed by atoms with E-state index in [1.165, 1.54) is 7.11 Å². The van der Waals surface area contributed by atoms with Gasteiger partial charge in [-0.05, 0) is 12.8 Å². The van der Waals surface area contributed by atoms with E-state index in [0.29, 0.717) is 26.4 Å². The van der Waals surface area contributed by atoms with Gasteiger partial charge in [0.25, 0.3) is 0 Å². The van der Waals surface area contributed by atoms with Gasteiger partial charge in [-0.15, -0.1) is 0 Å². The third-order valence-electron chi connectivity index (χ3n) is 1.80. The zero-order valence-corrected chi connectivity index (χ0v) is 9.78. The Labute approximate surface area is 95.2 Å². The molecule has 6 nitrogen and oxygen atoms in total.